The second kappa shape index (κ2) is 5.17. The lowest BCUT2D eigenvalue weighted by Gasteiger charge is -2.27. The zero-order valence-corrected chi connectivity index (χ0v) is 11.2. The number of para-hydroxylation sites is 1. The van der Waals surface area contributed by atoms with Crippen molar-refractivity contribution in [2.75, 3.05) is 18.0 Å². The predicted octanol–water partition coefficient (Wildman–Crippen LogP) is -0.434. The molecule has 3 rings (SSSR count). The van der Waals surface area contributed by atoms with Crippen LogP contribution in [-0.4, -0.2) is 36.7 Å². The van der Waals surface area contributed by atoms with E-state index in [0.29, 0.717) is 31.6 Å². The summed E-state index contributed by atoms with van der Waals surface area (Å²) in [6.07, 6.45) is 1.27. The van der Waals surface area contributed by atoms with Crippen molar-refractivity contribution in [3.05, 3.63) is 30.3 Å². The number of nitrogens with zero attached hydrogens (tertiary/aromatic N) is 1. The number of benzene rings is 1. The highest BCUT2D eigenvalue weighted by atomic mass is 16.2. The van der Waals surface area contributed by atoms with Gasteiger partial charge in [-0.1, -0.05) is 18.2 Å². The Hall–Kier alpha value is -2.01. The van der Waals surface area contributed by atoms with E-state index in [1.807, 2.05) is 18.2 Å². The van der Waals surface area contributed by atoms with Gasteiger partial charge in [-0.25, -0.2) is 4.90 Å². The number of anilines is 1. The van der Waals surface area contributed by atoms with E-state index in [4.69, 9.17) is 0 Å². The van der Waals surface area contributed by atoms with Crippen molar-refractivity contribution in [1.82, 2.24) is 0 Å². The molecule has 2 fully saturated rings. The fraction of sp³-hybridized carbons (Fsp3) is 0.400. The lowest BCUT2D eigenvalue weighted by molar-refractivity contribution is -0.916. The molecular formula is C15H17N2O3+. The molecule has 0 radical (unpaired) electrons. The molecule has 1 N–H and O–H groups in total. The summed E-state index contributed by atoms with van der Waals surface area (Å²) < 4.78 is 0. The summed E-state index contributed by atoms with van der Waals surface area (Å²) in [6, 6.07) is 8.70. The van der Waals surface area contributed by atoms with Crippen LogP contribution in [0.5, 0.6) is 0 Å². The van der Waals surface area contributed by atoms with E-state index in [2.05, 4.69) is 0 Å². The number of ketones is 1. The largest absolute Gasteiger partial charge is 0.324 e. The molecule has 0 aliphatic carbocycles. The molecule has 2 saturated heterocycles. The smallest absolute Gasteiger partial charge is 0.292 e. The number of carbonyl (C=O) groups excluding carboxylic acids is 3. The predicted molar refractivity (Wildman–Crippen MR) is 72.3 cm³/mol. The molecule has 0 bridgehead atoms. The number of quaternary nitrogens is 1. The maximum Gasteiger partial charge on any atom is 0.292 e. The Morgan fingerprint density at radius 3 is 2.30 bits per heavy atom. The number of nitrogens with one attached hydrogen (secondary N) is 1. The fourth-order valence-corrected chi connectivity index (χ4v) is 3.00. The van der Waals surface area contributed by atoms with E-state index in [1.165, 1.54) is 4.90 Å². The van der Waals surface area contributed by atoms with Gasteiger partial charge in [0.25, 0.3) is 5.91 Å². The maximum atomic E-state index is 12.5. The summed E-state index contributed by atoms with van der Waals surface area (Å²) in [5, 5.41) is 0. The third kappa shape index (κ3) is 2.25. The number of Topliss-reactive ketones (excluding diaryl/α,β-unsaturated/α-hetero) is 1. The number of imide groups is 1. The van der Waals surface area contributed by atoms with Gasteiger partial charge >= 0.3 is 0 Å². The zero-order chi connectivity index (χ0) is 14.1. The van der Waals surface area contributed by atoms with E-state index >= 15 is 0 Å². The number of carbonyl (C=O) groups is 3. The SMILES string of the molecule is O=C1CC[NH+]([C@H]2CC(=O)N(c3ccccc3)C2=O)CC1. The molecule has 2 aliphatic heterocycles. The van der Waals surface area contributed by atoms with Crippen LogP contribution >= 0.6 is 0 Å². The monoisotopic (exact) mass is 273 g/mol. The summed E-state index contributed by atoms with van der Waals surface area (Å²) in [5.41, 5.74) is 0.637. The Balaban J connectivity index is 1.79. The van der Waals surface area contributed by atoms with Gasteiger partial charge in [-0.15, -0.1) is 0 Å². The Labute approximate surface area is 117 Å². The highest BCUT2D eigenvalue weighted by Gasteiger charge is 2.46. The van der Waals surface area contributed by atoms with Crippen molar-refractivity contribution >= 4 is 23.3 Å². The molecule has 1 aromatic rings. The van der Waals surface area contributed by atoms with Crippen LogP contribution < -0.4 is 9.80 Å². The first-order valence-electron chi connectivity index (χ1n) is 6.95. The summed E-state index contributed by atoms with van der Waals surface area (Å²) >= 11 is 0. The first-order chi connectivity index (χ1) is 9.66. The summed E-state index contributed by atoms with van der Waals surface area (Å²) in [7, 11) is 0. The first kappa shape index (κ1) is 13.0. The van der Waals surface area contributed by atoms with Gasteiger partial charge in [-0.05, 0) is 12.1 Å². The van der Waals surface area contributed by atoms with E-state index in [-0.39, 0.29) is 30.1 Å². The van der Waals surface area contributed by atoms with Crippen LogP contribution in [0.25, 0.3) is 0 Å². The van der Waals surface area contributed by atoms with E-state index in [0.717, 1.165) is 4.90 Å². The van der Waals surface area contributed by atoms with Gasteiger partial charge in [-0.3, -0.25) is 14.4 Å². The van der Waals surface area contributed by atoms with E-state index in [9.17, 15) is 14.4 Å². The number of piperidine rings is 1. The quantitative estimate of drug-likeness (QED) is 0.744. The van der Waals surface area contributed by atoms with Crippen LogP contribution in [0.15, 0.2) is 30.3 Å². The van der Waals surface area contributed by atoms with Gasteiger partial charge in [0.15, 0.2) is 6.04 Å². The van der Waals surface area contributed by atoms with Crippen LogP contribution in [0, 0.1) is 0 Å². The van der Waals surface area contributed by atoms with Crippen molar-refractivity contribution in [1.29, 1.82) is 0 Å². The van der Waals surface area contributed by atoms with Crippen LogP contribution in [0.3, 0.4) is 0 Å². The average molecular weight is 273 g/mol. The summed E-state index contributed by atoms with van der Waals surface area (Å²) in [6.45, 7) is 1.32. The van der Waals surface area contributed by atoms with Crippen molar-refractivity contribution in [3.8, 4) is 0 Å². The molecule has 2 aliphatic rings. The van der Waals surface area contributed by atoms with E-state index < -0.39 is 0 Å². The van der Waals surface area contributed by atoms with Crippen molar-refractivity contribution in [3.63, 3.8) is 0 Å². The molecule has 104 valence electrons. The standard InChI is InChI=1S/C15H16N2O3/c18-12-6-8-16(9-7-12)13-10-14(19)17(15(13)20)11-4-2-1-3-5-11/h1-5,13H,6-10H2/p+1/t13-/m0/s1. The normalized spacial score (nSPS) is 24.5. The van der Waals surface area contributed by atoms with Gasteiger partial charge in [0.1, 0.15) is 5.78 Å². The van der Waals surface area contributed by atoms with Crippen LogP contribution in [0.2, 0.25) is 0 Å². The molecule has 2 amide bonds. The molecule has 5 heteroatoms. The molecule has 0 spiro atoms. The van der Waals surface area contributed by atoms with Crippen LogP contribution in [0.4, 0.5) is 5.69 Å². The first-order valence-corrected chi connectivity index (χ1v) is 6.95. The number of amides is 2. The van der Waals surface area contributed by atoms with Gasteiger partial charge in [0.05, 0.1) is 38.0 Å². The average Bonchev–Trinajstić information content (AvgIpc) is 2.76. The van der Waals surface area contributed by atoms with Gasteiger partial charge in [-0.2, -0.15) is 0 Å². The van der Waals surface area contributed by atoms with Gasteiger partial charge < -0.3 is 4.90 Å². The Morgan fingerprint density at radius 1 is 1.00 bits per heavy atom. The molecule has 1 aromatic carbocycles. The Bertz CT molecular complexity index is 545. The maximum absolute atomic E-state index is 12.5. The number of likely N-dealkylation sites (tertiary alicyclic amines) is 1. The molecule has 0 aromatic heterocycles. The molecule has 0 unspecified atom stereocenters. The highest BCUT2D eigenvalue weighted by molar-refractivity contribution is 6.21. The van der Waals surface area contributed by atoms with E-state index in [1.54, 1.807) is 12.1 Å². The lowest BCUT2D eigenvalue weighted by Crippen LogP contribution is -3.17. The molecule has 0 saturated carbocycles. The fourth-order valence-electron chi connectivity index (χ4n) is 3.00. The number of rotatable bonds is 2. The summed E-state index contributed by atoms with van der Waals surface area (Å²) in [5.74, 6) is -0.0217. The molecule has 1 atom stereocenters. The van der Waals surface area contributed by atoms with Crippen molar-refractivity contribution in [2.24, 2.45) is 0 Å². The number of hydrogen-bond acceptors (Lipinski definition) is 3. The lowest BCUT2D eigenvalue weighted by atomic mass is 10.1. The topological polar surface area (TPSA) is 58.9 Å². The highest BCUT2D eigenvalue weighted by Crippen LogP contribution is 2.21. The minimum Gasteiger partial charge on any atom is -0.324 e. The molecular weight excluding hydrogens is 256 g/mol. The minimum absolute atomic E-state index is 0.134. The minimum atomic E-state index is -0.323. The third-order valence-electron chi connectivity index (χ3n) is 4.10. The van der Waals surface area contributed by atoms with Gasteiger partial charge in [0.2, 0.25) is 5.91 Å². The summed E-state index contributed by atoms with van der Waals surface area (Å²) in [4.78, 5) is 38.3. The van der Waals surface area contributed by atoms with Crippen molar-refractivity contribution in [2.45, 2.75) is 25.3 Å². The van der Waals surface area contributed by atoms with Gasteiger partial charge in [0, 0.05) is 0 Å². The second-order valence-electron chi connectivity index (χ2n) is 5.36. The molecule has 20 heavy (non-hydrogen) atoms. The van der Waals surface area contributed by atoms with Crippen LogP contribution in [-0.2, 0) is 14.4 Å². The Morgan fingerprint density at radius 2 is 1.65 bits per heavy atom. The zero-order valence-electron chi connectivity index (χ0n) is 11.2. The van der Waals surface area contributed by atoms with Crippen molar-refractivity contribution < 1.29 is 19.3 Å². The molecule has 5 nitrogen and oxygen atoms in total. The van der Waals surface area contributed by atoms with Crippen LogP contribution in [0.1, 0.15) is 19.3 Å². The Kier molecular flexibility index (Phi) is 3.36. The number of hydrogen-bond donors (Lipinski definition) is 1. The third-order valence-corrected chi connectivity index (χ3v) is 4.10. The molecule has 2 heterocycles. The second-order valence-corrected chi connectivity index (χ2v) is 5.36.